The second-order valence-electron chi connectivity index (χ2n) is 5.36. The van der Waals surface area contributed by atoms with Gasteiger partial charge in [0.15, 0.2) is 5.96 Å². The highest BCUT2D eigenvalue weighted by atomic mass is 19.1. The summed E-state index contributed by atoms with van der Waals surface area (Å²) in [6, 6.07) is 5.41. The van der Waals surface area contributed by atoms with E-state index in [-0.39, 0.29) is 5.82 Å². The zero-order valence-electron chi connectivity index (χ0n) is 11.6. The van der Waals surface area contributed by atoms with Crippen molar-refractivity contribution in [1.29, 1.82) is 0 Å². The van der Waals surface area contributed by atoms with Crippen LogP contribution in [0.1, 0.15) is 18.4 Å². The summed E-state index contributed by atoms with van der Waals surface area (Å²) in [5.74, 6) is 0.319. The number of guanidine groups is 1. The van der Waals surface area contributed by atoms with E-state index in [1.807, 2.05) is 23.9 Å². The van der Waals surface area contributed by atoms with E-state index >= 15 is 0 Å². The SMILES string of the molecule is Cn1cc(CCN=C(N)NC2CC2)c2ccc(F)cc21. The van der Waals surface area contributed by atoms with Crippen LogP contribution in [0.3, 0.4) is 0 Å². The van der Waals surface area contributed by atoms with Gasteiger partial charge in [0.05, 0.1) is 5.52 Å². The predicted molar refractivity (Wildman–Crippen MR) is 79.2 cm³/mol. The lowest BCUT2D eigenvalue weighted by atomic mass is 10.1. The quantitative estimate of drug-likeness (QED) is 0.661. The lowest BCUT2D eigenvalue weighted by molar-refractivity contribution is 0.629. The van der Waals surface area contributed by atoms with Crippen molar-refractivity contribution in [2.45, 2.75) is 25.3 Å². The number of hydrogen-bond donors (Lipinski definition) is 2. The number of nitrogens with one attached hydrogen (secondary N) is 1. The summed E-state index contributed by atoms with van der Waals surface area (Å²) in [5.41, 5.74) is 7.88. The van der Waals surface area contributed by atoms with Crippen molar-refractivity contribution < 1.29 is 4.39 Å². The van der Waals surface area contributed by atoms with E-state index in [1.165, 1.54) is 24.5 Å². The number of fused-ring (bicyclic) bond motifs is 1. The largest absolute Gasteiger partial charge is 0.370 e. The Labute approximate surface area is 117 Å². The third kappa shape index (κ3) is 2.76. The maximum atomic E-state index is 13.3. The fourth-order valence-electron chi connectivity index (χ4n) is 2.42. The minimum absolute atomic E-state index is 0.207. The first-order valence-corrected chi connectivity index (χ1v) is 6.93. The Morgan fingerprint density at radius 2 is 2.30 bits per heavy atom. The molecule has 0 bridgehead atoms. The highest BCUT2D eigenvalue weighted by Gasteiger charge is 2.21. The third-order valence-corrected chi connectivity index (χ3v) is 3.63. The standard InChI is InChI=1S/C15H19FN4/c1-20-9-10(13-5-2-11(16)8-14(13)20)6-7-18-15(17)19-12-3-4-12/h2,5,8-9,12H,3-4,6-7H2,1H3,(H3,17,18,19). The van der Waals surface area contributed by atoms with Gasteiger partial charge in [0.25, 0.3) is 0 Å². The van der Waals surface area contributed by atoms with Crippen LogP contribution in [0.25, 0.3) is 10.9 Å². The molecule has 0 unspecified atom stereocenters. The summed E-state index contributed by atoms with van der Waals surface area (Å²) in [5, 5.41) is 4.24. The summed E-state index contributed by atoms with van der Waals surface area (Å²) in [6.07, 6.45) is 5.20. The minimum atomic E-state index is -0.207. The number of rotatable bonds is 4. The summed E-state index contributed by atoms with van der Waals surface area (Å²) in [6.45, 7) is 0.641. The van der Waals surface area contributed by atoms with Gasteiger partial charge in [0, 0.05) is 31.2 Å². The van der Waals surface area contributed by atoms with Gasteiger partial charge in [-0.3, -0.25) is 4.99 Å². The van der Waals surface area contributed by atoms with Crippen LogP contribution in [-0.4, -0.2) is 23.1 Å². The van der Waals surface area contributed by atoms with Crippen molar-refractivity contribution >= 4 is 16.9 Å². The molecule has 1 aromatic carbocycles. The molecule has 1 heterocycles. The third-order valence-electron chi connectivity index (χ3n) is 3.63. The van der Waals surface area contributed by atoms with Crippen LogP contribution in [0.15, 0.2) is 29.4 Å². The Morgan fingerprint density at radius 3 is 3.05 bits per heavy atom. The van der Waals surface area contributed by atoms with E-state index in [0.717, 1.165) is 17.3 Å². The Balaban J connectivity index is 1.71. The van der Waals surface area contributed by atoms with E-state index in [1.54, 1.807) is 6.07 Å². The van der Waals surface area contributed by atoms with Crippen molar-refractivity contribution in [3.63, 3.8) is 0 Å². The van der Waals surface area contributed by atoms with Crippen LogP contribution in [0.5, 0.6) is 0 Å². The van der Waals surface area contributed by atoms with E-state index in [2.05, 4.69) is 10.3 Å². The van der Waals surface area contributed by atoms with Crippen molar-refractivity contribution in [2.24, 2.45) is 17.8 Å². The van der Waals surface area contributed by atoms with Gasteiger partial charge in [-0.05, 0) is 43.0 Å². The van der Waals surface area contributed by atoms with Gasteiger partial charge in [-0.25, -0.2) is 4.39 Å². The summed E-state index contributed by atoms with van der Waals surface area (Å²) in [7, 11) is 1.93. The molecule has 20 heavy (non-hydrogen) atoms. The molecule has 0 aliphatic heterocycles. The normalized spacial score (nSPS) is 15.8. The minimum Gasteiger partial charge on any atom is -0.370 e. The molecule has 3 N–H and O–H groups in total. The topological polar surface area (TPSA) is 55.3 Å². The Bertz CT molecular complexity index is 655. The zero-order valence-corrected chi connectivity index (χ0v) is 11.6. The molecule has 0 atom stereocenters. The number of halogens is 1. The molecule has 106 valence electrons. The maximum Gasteiger partial charge on any atom is 0.188 e. The molecule has 1 fully saturated rings. The van der Waals surface area contributed by atoms with Gasteiger partial charge in [0.2, 0.25) is 0 Å². The fourth-order valence-corrected chi connectivity index (χ4v) is 2.42. The number of hydrogen-bond acceptors (Lipinski definition) is 1. The molecule has 3 rings (SSSR count). The highest BCUT2D eigenvalue weighted by molar-refractivity contribution is 5.84. The Hall–Kier alpha value is -2.04. The van der Waals surface area contributed by atoms with Crippen molar-refractivity contribution in [3.8, 4) is 0 Å². The molecule has 5 heteroatoms. The van der Waals surface area contributed by atoms with E-state index < -0.39 is 0 Å². The number of aryl methyl sites for hydroxylation is 1. The molecular formula is C15H19FN4. The molecule has 0 radical (unpaired) electrons. The van der Waals surface area contributed by atoms with Crippen LogP contribution < -0.4 is 11.1 Å². The summed E-state index contributed by atoms with van der Waals surface area (Å²) < 4.78 is 15.2. The first-order chi connectivity index (χ1) is 9.63. The molecule has 1 aliphatic carbocycles. The van der Waals surface area contributed by atoms with Crippen LogP contribution in [0, 0.1) is 5.82 Å². The second-order valence-corrected chi connectivity index (χ2v) is 5.36. The van der Waals surface area contributed by atoms with Crippen LogP contribution in [0.4, 0.5) is 4.39 Å². The predicted octanol–water partition coefficient (Wildman–Crippen LogP) is 1.93. The highest BCUT2D eigenvalue weighted by Crippen LogP contribution is 2.22. The first-order valence-electron chi connectivity index (χ1n) is 6.93. The van der Waals surface area contributed by atoms with Gasteiger partial charge < -0.3 is 15.6 Å². The average molecular weight is 274 g/mol. The Kier molecular flexibility index (Phi) is 3.34. The van der Waals surface area contributed by atoms with E-state index in [9.17, 15) is 4.39 Å². The first kappa shape index (κ1) is 13.0. The van der Waals surface area contributed by atoms with E-state index in [4.69, 9.17) is 5.73 Å². The second kappa shape index (κ2) is 5.15. The number of nitrogens with two attached hydrogens (primary N) is 1. The number of nitrogens with zero attached hydrogens (tertiary/aromatic N) is 2. The van der Waals surface area contributed by atoms with Gasteiger partial charge >= 0.3 is 0 Å². The zero-order chi connectivity index (χ0) is 14.1. The van der Waals surface area contributed by atoms with Crippen LogP contribution in [0.2, 0.25) is 0 Å². The van der Waals surface area contributed by atoms with Crippen LogP contribution in [-0.2, 0) is 13.5 Å². The van der Waals surface area contributed by atoms with Crippen molar-refractivity contribution in [1.82, 2.24) is 9.88 Å². The lowest BCUT2D eigenvalue weighted by Gasteiger charge is -2.02. The molecule has 1 aromatic heterocycles. The van der Waals surface area contributed by atoms with Gasteiger partial charge in [-0.15, -0.1) is 0 Å². The van der Waals surface area contributed by atoms with Crippen molar-refractivity contribution in [2.75, 3.05) is 6.54 Å². The smallest absolute Gasteiger partial charge is 0.188 e. The van der Waals surface area contributed by atoms with E-state index in [0.29, 0.717) is 18.5 Å². The molecule has 1 aliphatic rings. The van der Waals surface area contributed by atoms with Gasteiger partial charge in [-0.1, -0.05) is 0 Å². The number of aliphatic imine (C=N–C) groups is 1. The lowest BCUT2D eigenvalue weighted by Crippen LogP contribution is -2.33. The monoisotopic (exact) mass is 274 g/mol. The van der Waals surface area contributed by atoms with Gasteiger partial charge in [-0.2, -0.15) is 0 Å². The average Bonchev–Trinajstić information content (AvgIpc) is 3.16. The molecule has 4 nitrogen and oxygen atoms in total. The fraction of sp³-hybridized carbons (Fsp3) is 0.400. The molecule has 1 saturated carbocycles. The summed E-state index contributed by atoms with van der Waals surface area (Å²) in [4.78, 5) is 4.33. The van der Waals surface area contributed by atoms with Crippen molar-refractivity contribution in [3.05, 3.63) is 35.8 Å². The maximum absolute atomic E-state index is 13.3. The molecule has 2 aromatic rings. The number of aromatic nitrogens is 1. The van der Waals surface area contributed by atoms with Crippen LogP contribution >= 0.6 is 0 Å². The van der Waals surface area contributed by atoms with Gasteiger partial charge in [0.1, 0.15) is 5.82 Å². The molecule has 0 saturated heterocycles. The number of benzene rings is 1. The molecule has 0 spiro atoms. The molecule has 0 amide bonds. The molecular weight excluding hydrogens is 255 g/mol. The summed E-state index contributed by atoms with van der Waals surface area (Å²) >= 11 is 0. The Morgan fingerprint density at radius 1 is 1.50 bits per heavy atom.